The van der Waals surface area contributed by atoms with Crippen molar-refractivity contribution in [1.82, 2.24) is 15.3 Å². The maximum absolute atomic E-state index is 5.34. The third kappa shape index (κ3) is 3.96. The van der Waals surface area contributed by atoms with Crippen LogP contribution in [0.2, 0.25) is 0 Å². The van der Waals surface area contributed by atoms with E-state index in [1.54, 1.807) is 12.4 Å². The van der Waals surface area contributed by atoms with Gasteiger partial charge in [-0.05, 0) is 48.6 Å². The fourth-order valence-corrected chi connectivity index (χ4v) is 3.21. The molecule has 0 aliphatic rings. The molecule has 0 amide bonds. The second-order valence-electron chi connectivity index (χ2n) is 6.07. The van der Waals surface area contributed by atoms with Crippen LogP contribution in [0.25, 0.3) is 21.8 Å². The van der Waals surface area contributed by atoms with E-state index >= 15 is 0 Å². The van der Waals surface area contributed by atoms with Crippen molar-refractivity contribution in [2.24, 2.45) is 0 Å². The van der Waals surface area contributed by atoms with Gasteiger partial charge in [0.15, 0.2) is 5.11 Å². The van der Waals surface area contributed by atoms with Gasteiger partial charge in [-0.25, -0.2) is 0 Å². The molecule has 0 unspecified atom stereocenters. The molecule has 2 heterocycles. The normalized spacial score (nSPS) is 10.7. The first-order valence-electron chi connectivity index (χ1n) is 8.77. The van der Waals surface area contributed by atoms with Crippen LogP contribution >= 0.6 is 12.2 Å². The quantitative estimate of drug-likeness (QED) is 0.277. The molecule has 0 atom stereocenters. The molecule has 0 saturated carbocycles. The summed E-state index contributed by atoms with van der Waals surface area (Å²) < 4.78 is 0. The smallest absolute Gasteiger partial charge is 0.170 e. The summed E-state index contributed by atoms with van der Waals surface area (Å²) in [5, 5.41) is 12.6. The van der Waals surface area contributed by atoms with Crippen LogP contribution in [-0.2, 0) is 0 Å². The monoisotopic (exact) mass is 373 g/mol. The van der Waals surface area contributed by atoms with E-state index in [0.717, 1.165) is 39.7 Å². The van der Waals surface area contributed by atoms with Gasteiger partial charge in [0.25, 0.3) is 0 Å². The third-order valence-electron chi connectivity index (χ3n) is 4.22. The Morgan fingerprint density at radius 2 is 1.63 bits per heavy atom. The summed E-state index contributed by atoms with van der Waals surface area (Å²) in [5.74, 6) is 0. The first kappa shape index (κ1) is 17.2. The van der Waals surface area contributed by atoms with Crippen molar-refractivity contribution in [2.45, 2.75) is 0 Å². The Morgan fingerprint density at radius 1 is 0.852 bits per heavy atom. The van der Waals surface area contributed by atoms with E-state index in [1.807, 2.05) is 42.5 Å². The maximum atomic E-state index is 5.34. The predicted molar refractivity (Wildman–Crippen MR) is 116 cm³/mol. The number of thiocarbonyl (C=S) groups is 1. The highest BCUT2D eigenvalue weighted by atomic mass is 32.1. The highest BCUT2D eigenvalue weighted by Crippen LogP contribution is 2.28. The number of nitrogens with one attached hydrogen (secondary N) is 3. The first-order valence-corrected chi connectivity index (χ1v) is 9.18. The topological polar surface area (TPSA) is 61.9 Å². The highest BCUT2D eigenvalue weighted by Gasteiger charge is 2.07. The van der Waals surface area contributed by atoms with Gasteiger partial charge in [0.2, 0.25) is 0 Å². The number of benzene rings is 2. The lowest BCUT2D eigenvalue weighted by Crippen LogP contribution is -2.32. The second-order valence-corrected chi connectivity index (χ2v) is 6.48. The second kappa shape index (κ2) is 7.97. The minimum Gasteiger partial charge on any atom is -0.383 e. The van der Waals surface area contributed by atoms with Crippen molar-refractivity contribution in [2.75, 3.05) is 23.7 Å². The average Bonchev–Trinajstić information content (AvgIpc) is 2.72. The lowest BCUT2D eigenvalue weighted by atomic mass is 10.1. The van der Waals surface area contributed by atoms with E-state index in [9.17, 15) is 0 Å². The number of pyridine rings is 2. The molecule has 0 radical (unpaired) electrons. The fourth-order valence-electron chi connectivity index (χ4n) is 2.99. The average molecular weight is 373 g/mol. The number of nitrogens with zero attached hydrogens (tertiary/aromatic N) is 2. The number of hydrogen-bond acceptors (Lipinski definition) is 4. The summed E-state index contributed by atoms with van der Waals surface area (Å²) in [7, 11) is 0. The Kier molecular flexibility index (Phi) is 5.07. The molecule has 6 heteroatoms. The van der Waals surface area contributed by atoms with Crippen LogP contribution < -0.4 is 16.0 Å². The zero-order chi connectivity index (χ0) is 18.5. The molecule has 0 bridgehead atoms. The van der Waals surface area contributed by atoms with Gasteiger partial charge in [0.1, 0.15) is 0 Å². The summed E-state index contributed by atoms with van der Waals surface area (Å²) in [4.78, 5) is 9.01. The zero-order valence-corrected chi connectivity index (χ0v) is 15.5. The van der Waals surface area contributed by atoms with E-state index in [1.165, 1.54) is 0 Å². The molecule has 0 saturated heterocycles. The van der Waals surface area contributed by atoms with Crippen LogP contribution in [0, 0.1) is 0 Å². The fraction of sp³-hybridized carbons (Fsp3) is 0.0952. The molecule has 0 fully saturated rings. The van der Waals surface area contributed by atoms with E-state index in [2.05, 4.69) is 44.1 Å². The molecule has 4 aromatic rings. The number of anilines is 2. The van der Waals surface area contributed by atoms with Gasteiger partial charge >= 0.3 is 0 Å². The number of para-hydroxylation sites is 1. The molecule has 3 N–H and O–H groups in total. The van der Waals surface area contributed by atoms with Crippen LogP contribution in [0.4, 0.5) is 11.4 Å². The highest BCUT2D eigenvalue weighted by molar-refractivity contribution is 7.80. The van der Waals surface area contributed by atoms with Crippen LogP contribution in [0.15, 0.2) is 73.1 Å². The van der Waals surface area contributed by atoms with E-state index in [4.69, 9.17) is 12.2 Å². The standard InChI is InChI=1S/C21H19N5S/c27-21(26-16-7-2-1-3-8-16)25-13-12-22-18-14-15-6-4-10-23-19(15)20-17(18)9-5-11-24-20/h1-11,14,22H,12-13H2,(H2,25,26,27). The SMILES string of the molecule is S=C(NCCNc1cc2cccnc2c2ncccc12)Nc1ccccc1. The number of fused-ring (bicyclic) bond motifs is 3. The number of hydrogen-bond donors (Lipinski definition) is 3. The Bertz CT molecular complexity index is 1080. The molecule has 2 aromatic carbocycles. The Balaban J connectivity index is 1.42. The van der Waals surface area contributed by atoms with Crippen molar-refractivity contribution in [1.29, 1.82) is 0 Å². The van der Waals surface area contributed by atoms with Gasteiger partial charge in [0, 0.05) is 47.6 Å². The Morgan fingerprint density at radius 3 is 2.48 bits per heavy atom. The molecule has 4 rings (SSSR count). The molecule has 0 aliphatic carbocycles. The van der Waals surface area contributed by atoms with Crippen LogP contribution in [-0.4, -0.2) is 28.2 Å². The Hall–Kier alpha value is -3.25. The molecule has 134 valence electrons. The molecule has 0 aliphatic heterocycles. The lowest BCUT2D eigenvalue weighted by molar-refractivity contribution is 0.917. The number of aromatic nitrogens is 2. The minimum absolute atomic E-state index is 0.609. The summed E-state index contributed by atoms with van der Waals surface area (Å²) in [6, 6.07) is 20.0. The minimum atomic E-state index is 0.609. The molecule has 0 spiro atoms. The van der Waals surface area contributed by atoms with Gasteiger partial charge in [0.05, 0.1) is 11.0 Å². The zero-order valence-electron chi connectivity index (χ0n) is 14.6. The summed E-state index contributed by atoms with van der Waals surface area (Å²) in [6.45, 7) is 1.43. The molecular formula is C21H19N5S. The van der Waals surface area contributed by atoms with Crippen molar-refractivity contribution in [3.8, 4) is 0 Å². The van der Waals surface area contributed by atoms with Crippen LogP contribution in [0.1, 0.15) is 0 Å². The van der Waals surface area contributed by atoms with Crippen molar-refractivity contribution in [3.05, 3.63) is 73.1 Å². The summed E-state index contributed by atoms with van der Waals surface area (Å²) in [5.41, 5.74) is 3.85. The van der Waals surface area contributed by atoms with Crippen molar-refractivity contribution < 1.29 is 0 Å². The number of rotatable bonds is 5. The maximum Gasteiger partial charge on any atom is 0.170 e. The van der Waals surface area contributed by atoms with Gasteiger partial charge in [-0.2, -0.15) is 0 Å². The summed E-state index contributed by atoms with van der Waals surface area (Å²) >= 11 is 5.34. The Labute approximate surface area is 162 Å². The summed E-state index contributed by atoms with van der Waals surface area (Å²) in [6.07, 6.45) is 3.60. The third-order valence-corrected chi connectivity index (χ3v) is 4.47. The molecular weight excluding hydrogens is 354 g/mol. The van der Waals surface area contributed by atoms with Crippen LogP contribution in [0.3, 0.4) is 0 Å². The van der Waals surface area contributed by atoms with E-state index in [-0.39, 0.29) is 0 Å². The molecule has 5 nitrogen and oxygen atoms in total. The first-order chi connectivity index (χ1) is 13.3. The lowest BCUT2D eigenvalue weighted by Gasteiger charge is -2.13. The van der Waals surface area contributed by atoms with Crippen molar-refractivity contribution in [3.63, 3.8) is 0 Å². The van der Waals surface area contributed by atoms with Crippen molar-refractivity contribution >= 4 is 50.5 Å². The molecule has 2 aromatic heterocycles. The van der Waals surface area contributed by atoms with Gasteiger partial charge < -0.3 is 16.0 Å². The largest absolute Gasteiger partial charge is 0.383 e. The van der Waals surface area contributed by atoms with Gasteiger partial charge in [-0.15, -0.1) is 0 Å². The predicted octanol–water partition coefficient (Wildman–Crippen LogP) is 4.18. The van der Waals surface area contributed by atoms with Gasteiger partial charge in [-0.3, -0.25) is 9.97 Å². The van der Waals surface area contributed by atoms with Gasteiger partial charge in [-0.1, -0.05) is 24.3 Å². The van der Waals surface area contributed by atoms with Crippen LogP contribution in [0.5, 0.6) is 0 Å². The molecule has 27 heavy (non-hydrogen) atoms. The van der Waals surface area contributed by atoms with E-state index < -0.39 is 0 Å². The van der Waals surface area contributed by atoms with E-state index in [0.29, 0.717) is 11.7 Å².